The van der Waals surface area contributed by atoms with Crippen molar-refractivity contribution in [2.45, 2.75) is 11.3 Å². The van der Waals surface area contributed by atoms with Crippen LogP contribution in [0.2, 0.25) is 10.0 Å². The molecule has 2 aromatic rings. The molecule has 2 rings (SSSR count). The molecule has 0 N–H and O–H groups in total. The van der Waals surface area contributed by atoms with E-state index in [-0.39, 0.29) is 0 Å². The molecule has 17 heavy (non-hydrogen) atoms. The van der Waals surface area contributed by atoms with Gasteiger partial charge in [0, 0.05) is 14.9 Å². The minimum Gasteiger partial charge on any atom is -0.130 e. The SMILES string of the molecule is CSc1ccc(Cc2ccc(Cl)cc2)c(Cl)c1. The first-order valence-electron chi connectivity index (χ1n) is 5.26. The molecule has 0 aliphatic rings. The Morgan fingerprint density at radius 3 is 2.29 bits per heavy atom. The monoisotopic (exact) mass is 282 g/mol. The molecule has 0 saturated heterocycles. The number of rotatable bonds is 3. The average molecular weight is 283 g/mol. The fourth-order valence-electron chi connectivity index (χ4n) is 1.62. The van der Waals surface area contributed by atoms with Crippen molar-refractivity contribution >= 4 is 35.0 Å². The second-order valence-corrected chi connectivity index (χ2v) is 5.48. The van der Waals surface area contributed by atoms with Gasteiger partial charge in [0.2, 0.25) is 0 Å². The summed E-state index contributed by atoms with van der Waals surface area (Å²) >= 11 is 13.8. The Labute approximate surface area is 116 Å². The predicted octanol–water partition coefficient (Wildman–Crippen LogP) is 5.31. The summed E-state index contributed by atoms with van der Waals surface area (Å²) < 4.78 is 0. The molecule has 0 fully saturated rings. The van der Waals surface area contributed by atoms with Crippen LogP contribution in [0.5, 0.6) is 0 Å². The van der Waals surface area contributed by atoms with Crippen molar-refractivity contribution in [2.75, 3.05) is 6.26 Å². The van der Waals surface area contributed by atoms with Gasteiger partial charge >= 0.3 is 0 Å². The number of halogens is 2. The van der Waals surface area contributed by atoms with Crippen molar-refractivity contribution in [1.29, 1.82) is 0 Å². The normalized spacial score (nSPS) is 10.5. The van der Waals surface area contributed by atoms with Crippen LogP contribution in [0.4, 0.5) is 0 Å². The molecule has 88 valence electrons. The first-order chi connectivity index (χ1) is 8.19. The largest absolute Gasteiger partial charge is 0.130 e. The maximum absolute atomic E-state index is 6.25. The van der Waals surface area contributed by atoms with Gasteiger partial charge in [-0.25, -0.2) is 0 Å². The summed E-state index contributed by atoms with van der Waals surface area (Å²) in [6, 6.07) is 14.1. The number of hydrogen-bond acceptors (Lipinski definition) is 1. The Bertz CT molecular complexity index is 506. The van der Waals surface area contributed by atoms with Crippen LogP contribution in [0.1, 0.15) is 11.1 Å². The third kappa shape index (κ3) is 3.41. The standard InChI is InChI=1S/C14H12Cl2S/c1-17-13-7-4-11(14(16)9-13)8-10-2-5-12(15)6-3-10/h2-7,9H,8H2,1H3. The Balaban J connectivity index is 2.21. The summed E-state index contributed by atoms with van der Waals surface area (Å²) in [4.78, 5) is 1.19. The van der Waals surface area contributed by atoms with Crippen LogP contribution >= 0.6 is 35.0 Å². The van der Waals surface area contributed by atoms with Gasteiger partial charge in [0.1, 0.15) is 0 Å². The van der Waals surface area contributed by atoms with E-state index in [0.717, 1.165) is 22.0 Å². The van der Waals surface area contributed by atoms with Gasteiger partial charge in [-0.1, -0.05) is 41.4 Å². The van der Waals surface area contributed by atoms with E-state index in [9.17, 15) is 0 Å². The lowest BCUT2D eigenvalue weighted by Gasteiger charge is -2.06. The third-order valence-corrected chi connectivity index (χ3v) is 3.90. The molecule has 0 radical (unpaired) electrons. The molecule has 0 aliphatic heterocycles. The first kappa shape index (κ1) is 12.8. The Morgan fingerprint density at radius 2 is 1.71 bits per heavy atom. The molecule has 3 heteroatoms. The molecule has 0 amide bonds. The lowest BCUT2D eigenvalue weighted by molar-refractivity contribution is 1.18. The Kier molecular flexibility index (Phi) is 4.38. The van der Waals surface area contributed by atoms with Crippen molar-refractivity contribution in [2.24, 2.45) is 0 Å². The van der Waals surface area contributed by atoms with Gasteiger partial charge in [-0.3, -0.25) is 0 Å². The van der Waals surface area contributed by atoms with E-state index in [4.69, 9.17) is 23.2 Å². The smallest absolute Gasteiger partial charge is 0.0452 e. The van der Waals surface area contributed by atoms with E-state index in [0.29, 0.717) is 0 Å². The van der Waals surface area contributed by atoms with E-state index in [1.807, 2.05) is 36.6 Å². The highest BCUT2D eigenvalue weighted by Crippen LogP contribution is 2.25. The quantitative estimate of drug-likeness (QED) is 0.688. The molecule has 0 saturated carbocycles. The zero-order valence-corrected chi connectivity index (χ0v) is 11.7. The minimum absolute atomic E-state index is 0.762. The molecule has 0 spiro atoms. The summed E-state index contributed by atoms with van der Waals surface area (Å²) in [7, 11) is 0. The minimum atomic E-state index is 0.762. The average Bonchev–Trinajstić information content (AvgIpc) is 2.34. The lowest BCUT2D eigenvalue weighted by Crippen LogP contribution is -1.89. The molecule has 0 nitrogen and oxygen atoms in total. The fraction of sp³-hybridized carbons (Fsp3) is 0.143. The van der Waals surface area contributed by atoms with Crippen LogP contribution < -0.4 is 0 Å². The number of benzene rings is 2. The molecule has 0 aromatic heterocycles. The Morgan fingerprint density at radius 1 is 1.00 bits per heavy atom. The lowest BCUT2D eigenvalue weighted by atomic mass is 10.1. The maximum atomic E-state index is 6.25. The molecular weight excluding hydrogens is 271 g/mol. The summed E-state index contributed by atoms with van der Waals surface area (Å²) in [6.07, 6.45) is 2.88. The van der Waals surface area contributed by atoms with Crippen LogP contribution in [0, 0.1) is 0 Å². The van der Waals surface area contributed by atoms with E-state index in [2.05, 4.69) is 12.1 Å². The molecule has 0 unspecified atom stereocenters. The molecular formula is C14H12Cl2S. The van der Waals surface area contributed by atoms with Crippen LogP contribution in [0.25, 0.3) is 0 Å². The summed E-state index contributed by atoms with van der Waals surface area (Å²) in [5.74, 6) is 0. The predicted molar refractivity (Wildman–Crippen MR) is 77.5 cm³/mol. The van der Waals surface area contributed by atoms with Crippen LogP contribution in [-0.2, 0) is 6.42 Å². The topological polar surface area (TPSA) is 0 Å². The zero-order chi connectivity index (χ0) is 12.3. The number of hydrogen-bond donors (Lipinski definition) is 0. The van der Waals surface area contributed by atoms with Gasteiger partial charge < -0.3 is 0 Å². The fourth-order valence-corrected chi connectivity index (χ4v) is 2.50. The third-order valence-electron chi connectivity index (χ3n) is 2.57. The van der Waals surface area contributed by atoms with Crippen LogP contribution in [0.15, 0.2) is 47.4 Å². The molecule has 0 atom stereocenters. The highest BCUT2D eigenvalue weighted by Gasteiger charge is 2.03. The van der Waals surface area contributed by atoms with Gasteiger partial charge in [-0.15, -0.1) is 11.8 Å². The van der Waals surface area contributed by atoms with Crippen molar-refractivity contribution < 1.29 is 0 Å². The van der Waals surface area contributed by atoms with Crippen molar-refractivity contribution in [3.63, 3.8) is 0 Å². The van der Waals surface area contributed by atoms with E-state index < -0.39 is 0 Å². The summed E-state index contributed by atoms with van der Waals surface area (Å²) in [5.41, 5.74) is 2.36. The highest BCUT2D eigenvalue weighted by atomic mass is 35.5. The van der Waals surface area contributed by atoms with Gasteiger partial charge in [0.05, 0.1) is 0 Å². The van der Waals surface area contributed by atoms with E-state index in [1.54, 1.807) is 11.8 Å². The van der Waals surface area contributed by atoms with E-state index >= 15 is 0 Å². The van der Waals surface area contributed by atoms with Crippen LogP contribution in [0.3, 0.4) is 0 Å². The van der Waals surface area contributed by atoms with Gasteiger partial charge in [0.25, 0.3) is 0 Å². The van der Waals surface area contributed by atoms with E-state index in [1.165, 1.54) is 10.5 Å². The van der Waals surface area contributed by atoms with Gasteiger partial charge in [0.15, 0.2) is 0 Å². The highest BCUT2D eigenvalue weighted by molar-refractivity contribution is 7.98. The van der Waals surface area contributed by atoms with Crippen molar-refractivity contribution in [3.05, 3.63) is 63.6 Å². The van der Waals surface area contributed by atoms with Gasteiger partial charge in [-0.05, 0) is 48.1 Å². The molecule has 0 heterocycles. The molecule has 0 aliphatic carbocycles. The van der Waals surface area contributed by atoms with Crippen molar-refractivity contribution in [3.8, 4) is 0 Å². The first-order valence-corrected chi connectivity index (χ1v) is 7.24. The maximum Gasteiger partial charge on any atom is 0.0452 e. The zero-order valence-electron chi connectivity index (χ0n) is 9.41. The number of thioether (sulfide) groups is 1. The molecule has 0 bridgehead atoms. The Hall–Kier alpha value is -0.630. The summed E-state index contributed by atoms with van der Waals surface area (Å²) in [6.45, 7) is 0. The van der Waals surface area contributed by atoms with Crippen LogP contribution in [-0.4, -0.2) is 6.26 Å². The second-order valence-electron chi connectivity index (χ2n) is 3.76. The summed E-state index contributed by atoms with van der Waals surface area (Å²) in [5, 5.41) is 1.59. The second kappa shape index (κ2) is 5.81. The van der Waals surface area contributed by atoms with Gasteiger partial charge in [-0.2, -0.15) is 0 Å². The van der Waals surface area contributed by atoms with Crippen molar-refractivity contribution in [1.82, 2.24) is 0 Å². The molecule has 2 aromatic carbocycles.